The third-order valence-electron chi connectivity index (χ3n) is 3.93. The summed E-state index contributed by atoms with van der Waals surface area (Å²) in [5, 5.41) is 11.9. The summed E-state index contributed by atoms with van der Waals surface area (Å²) in [6.45, 7) is 8.32. The molecule has 1 aromatic carbocycles. The van der Waals surface area contributed by atoms with E-state index in [0.717, 1.165) is 25.7 Å². The molecule has 3 nitrogen and oxygen atoms in total. The van der Waals surface area contributed by atoms with Crippen molar-refractivity contribution in [3.8, 4) is 0 Å². The van der Waals surface area contributed by atoms with E-state index in [1.807, 2.05) is 6.07 Å². The zero-order valence-electron chi connectivity index (χ0n) is 14.6. The van der Waals surface area contributed by atoms with Crippen molar-refractivity contribution in [2.45, 2.75) is 52.6 Å². The second-order valence-electron chi connectivity index (χ2n) is 6.51. The van der Waals surface area contributed by atoms with Crippen LogP contribution in [0.5, 0.6) is 0 Å². The Bertz CT molecular complexity index is 612. The molecule has 124 valence electrons. The molecule has 1 rings (SSSR count). The molecule has 0 saturated carbocycles. The topological polar surface area (TPSA) is 43.1 Å². The average molecular weight is 330 g/mol. The third-order valence-corrected chi connectivity index (χ3v) is 6.62. The molecular weight excluding hydrogens is 302 g/mol. The van der Waals surface area contributed by atoms with Crippen molar-refractivity contribution < 1.29 is 4.92 Å². The molecule has 1 aromatic rings. The van der Waals surface area contributed by atoms with Crippen molar-refractivity contribution in [2.24, 2.45) is 0 Å². The van der Waals surface area contributed by atoms with Gasteiger partial charge in [-0.25, -0.2) is 0 Å². The molecule has 0 amide bonds. The Morgan fingerprint density at radius 2 is 1.87 bits per heavy atom. The molecule has 0 N–H and O–H groups in total. The van der Waals surface area contributed by atoms with Crippen LogP contribution in [0.1, 0.15) is 39.5 Å². The molecule has 23 heavy (non-hydrogen) atoms. The summed E-state index contributed by atoms with van der Waals surface area (Å²) in [7, 11) is -1.57. The van der Waals surface area contributed by atoms with Crippen LogP contribution >= 0.6 is 0 Å². The first kappa shape index (κ1) is 19.1. The molecule has 0 unspecified atom stereocenters. The van der Waals surface area contributed by atoms with Gasteiger partial charge in [0.25, 0.3) is 0 Å². The Labute approximate surface area is 140 Å². The van der Waals surface area contributed by atoms with Gasteiger partial charge in [-0.15, -0.1) is 5.73 Å². The quantitative estimate of drug-likeness (QED) is 0.222. The molecule has 0 fully saturated rings. The Morgan fingerprint density at radius 3 is 2.48 bits per heavy atom. The van der Waals surface area contributed by atoms with E-state index in [0.29, 0.717) is 0 Å². The number of allylic oxidation sites excluding steroid dienone is 3. The molecule has 0 radical (unpaired) electrons. The van der Waals surface area contributed by atoms with Crippen molar-refractivity contribution in [2.75, 3.05) is 0 Å². The van der Waals surface area contributed by atoms with E-state index in [2.05, 4.69) is 55.7 Å². The fourth-order valence-electron chi connectivity index (χ4n) is 2.25. The van der Waals surface area contributed by atoms with Crippen molar-refractivity contribution in [3.05, 3.63) is 69.2 Å². The van der Waals surface area contributed by atoms with Crippen molar-refractivity contribution in [1.29, 1.82) is 0 Å². The Balaban J connectivity index is 2.51. The second kappa shape index (κ2) is 9.28. The highest BCUT2D eigenvalue weighted by molar-refractivity contribution is 6.93. The summed E-state index contributed by atoms with van der Waals surface area (Å²) in [6, 6.07) is 10.6. The maximum Gasteiger partial charge on any atom is 0.239 e. The Kier molecular flexibility index (Phi) is 7.73. The first-order valence-electron chi connectivity index (χ1n) is 8.13. The first-order chi connectivity index (χ1) is 10.8. The van der Waals surface area contributed by atoms with Crippen LogP contribution in [0.4, 0.5) is 0 Å². The lowest BCUT2D eigenvalue weighted by molar-refractivity contribution is -0.424. The monoisotopic (exact) mass is 329 g/mol. The lowest BCUT2D eigenvalue weighted by Crippen LogP contribution is -2.39. The molecule has 0 bridgehead atoms. The van der Waals surface area contributed by atoms with E-state index in [1.165, 1.54) is 10.8 Å². The standard InChI is InChI=1S/C19H27NO2Si/c1-17(11-7-5-8-12-18(2)20(21)22)15-16-23(3,4)19-13-9-6-10-14-19/h6,9-10,12-14,16H,5,7-8,11H2,1-4H3/b18-12+. The molecule has 0 aliphatic carbocycles. The molecule has 0 spiro atoms. The molecule has 0 aromatic heterocycles. The largest absolute Gasteiger partial charge is 0.259 e. The van der Waals surface area contributed by atoms with Crippen molar-refractivity contribution in [1.82, 2.24) is 0 Å². The molecule has 0 aliphatic heterocycles. The average Bonchev–Trinajstić information content (AvgIpc) is 2.53. The van der Waals surface area contributed by atoms with Crippen molar-refractivity contribution in [3.63, 3.8) is 0 Å². The maximum atomic E-state index is 10.5. The predicted molar refractivity (Wildman–Crippen MR) is 100 cm³/mol. The molecule has 4 heteroatoms. The normalized spacial score (nSPS) is 11.7. The summed E-state index contributed by atoms with van der Waals surface area (Å²) < 4.78 is 0. The van der Waals surface area contributed by atoms with Gasteiger partial charge in [0.15, 0.2) is 0 Å². The zero-order chi connectivity index (χ0) is 17.3. The lowest BCUT2D eigenvalue weighted by Gasteiger charge is -2.16. The summed E-state index contributed by atoms with van der Waals surface area (Å²) >= 11 is 0. The van der Waals surface area contributed by atoms with Gasteiger partial charge in [-0.3, -0.25) is 10.1 Å². The summed E-state index contributed by atoms with van der Waals surface area (Å²) in [6.07, 6.45) is 5.50. The Morgan fingerprint density at radius 1 is 1.22 bits per heavy atom. The van der Waals surface area contributed by atoms with Gasteiger partial charge in [0.2, 0.25) is 5.70 Å². The van der Waals surface area contributed by atoms with Gasteiger partial charge in [0, 0.05) is 6.92 Å². The van der Waals surface area contributed by atoms with Gasteiger partial charge in [0.05, 0.1) is 4.92 Å². The van der Waals surface area contributed by atoms with Crippen LogP contribution in [0.25, 0.3) is 0 Å². The van der Waals surface area contributed by atoms with E-state index in [1.54, 1.807) is 13.0 Å². The van der Waals surface area contributed by atoms with Gasteiger partial charge in [-0.2, -0.15) is 0 Å². The zero-order valence-corrected chi connectivity index (χ0v) is 15.6. The highest BCUT2D eigenvalue weighted by Crippen LogP contribution is 2.10. The van der Waals surface area contributed by atoms with Crippen LogP contribution in [0.2, 0.25) is 13.1 Å². The minimum atomic E-state index is -1.57. The van der Waals surface area contributed by atoms with E-state index in [-0.39, 0.29) is 10.6 Å². The molecule has 0 atom stereocenters. The van der Waals surface area contributed by atoms with E-state index in [4.69, 9.17) is 0 Å². The van der Waals surface area contributed by atoms with Crippen LogP contribution in [0.3, 0.4) is 0 Å². The number of rotatable bonds is 8. The number of nitro groups is 1. The fraction of sp³-hybridized carbons (Fsp3) is 0.421. The summed E-state index contributed by atoms with van der Waals surface area (Å²) in [4.78, 5) is 10.2. The predicted octanol–water partition coefficient (Wildman–Crippen LogP) is 4.98. The molecule has 0 saturated heterocycles. The van der Waals surface area contributed by atoms with Crippen LogP contribution in [0.15, 0.2) is 59.1 Å². The highest BCUT2D eigenvalue weighted by Gasteiger charge is 2.18. The number of unbranched alkanes of at least 4 members (excludes halogenated alkanes) is 2. The third kappa shape index (κ3) is 7.27. The van der Waals surface area contributed by atoms with Gasteiger partial charge >= 0.3 is 0 Å². The first-order valence-corrected chi connectivity index (χ1v) is 11.2. The van der Waals surface area contributed by atoms with Gasteiger partial charge in [-0.1, -0.05) is 48.6 Å². The maximum absolute atomic E-state index is 10.5. The summed E-state index contributed by atoms with van der Waals surface area (Å²) in [5.74, 6) is 0. The second-order valence-corrected chi connectivity index (χ2v) is 10.8. The highest BCUT2D eigenvalue weighted by atomic mass is 28.3. The smallest absolute Gasteiger partial charge is 0.239 e. The van der Waals surface area contributed by atoms with Crippen LogP contribution < -0.4 is 5.19 Å². The van der Waals surface area contributed by atoms with Gasteiger partial charge in [0.1, 0.15) is 8.07 Å². The lowest BCUT2D eigenvalue weighted by atomic mass is 10.1. The minimum absolute atomic E-state index is 0.243. The number of nitrogens with zero attached hydrogens (tertiary/aromatic N) is 1. The fourth-order valence-corrected chi connectivity index (χ4v) is 4.07. The van der Waals surface area contributed by atoms with E-state index in [9.17, 15) is 10.1 Å². The van der Waals surface area contributed by atoms with Gasteiger partial charge in [-0.05, 0) is 50.0 Å². The number of hydrogen-bond donors (Lipinski definition) is 0. The SMILES string of the molecule is CC(=C=C[Si](C)(C)c1ccccc1)CCCC/C=C(\C)[N+](=O)[O-]. The van der Waals surface area contributed by atoms with Crippen LogP contribution in [-0.2, 0) is 0 Å². The van der Waals surface area contributed by atoms with E-state index >= 15 is 0 Å². The number of hydrogen-bond acceptors (Lipinski definition) is 2. The molecule has 0 aliphatic rings. The van der Waals surface area contributed by atoms with Gasteiger partial charge < -0.3 is 0 Å². The molecule has 0 heterocycles. The number of benzene rings is 1. The molecular formula is C19H27NO2Si. The van der Waals surface area contributed by atoms with Crippen LogP contribution in [0, 0.1) is 10.1 Å². The van der Waals surface area contributed by atoms with Crippen molar-refractivity contribution >= 4 is 13.3 Å². The van der Waals surface area contributed by atoms with E-state index < -0.39 is 8.07 Å². The van der Waals surface area contributed by atoms with Crippen LogP contribution in [-0.4, -0.2) is 13.0 Å². The minimum Gasteiger partial charge on any atom is -0.259 e. The Hall–Kier alpha value is -1.90. The summed E-state index contributed by atoms with van der Waals surface area (Å²) in [5.41, 5.74) is 7.25.